The fourth-order valence-electron chi connectivity index (χ4n) is 4.00. The summed E-state index contributed by atoms with van der Waals surface area (Å²) in [6.07, 6.45) is -0.212. The first kappa shape index (κ1) is 16.7. The molecule has 0 spiro atoms. The van der Waals surface area contributed by atoms with Gasteiger partial charge in [-0.1, -0.05) is 6.92 Å². The molecule has 0 aromatic carbocycles. The van der Waals surface area contributed by atoms with Crippen LogP contribution in [0.2, 0.25) is 0 Å². The highest BCUT2D eigenvalue weighted by molar-refractivity contribution is 5.81. The van der Waals surface area contributed by atoms with Crippen LogP contribution in [0.4, 0.5) is 19.0 Å². The van der Waals surface area contributed by atoms with Crippen LogP contribution < -0.4 is 5.32 Å². The van der Waals surface area contributed by atoms with Crippen molar-refractivity contribution in [2.75, 3.05) is 11.9 Å². The molecule has 2 aliphatic heterocycles. The Labute approximate surface area is 144 Å². The highest BCUT2D eigenvalue weighted by Gasteiger charge is 2.47. The first-order valence-electron chi connectivity index (χ1n) is 9.11. The summed E-state index contributed by atoms with van der Waals surface area (Å²) in [6, 6.07) is -0.293. The van der Waals surface area contributed by atoms with Crippen molar-refractivity contribution in [2.45, 2.75) is 69.8 Å². The van der Waals surface area contributed by atoms with Gasteiger partial charge in [-0.25, -0.2) is 4.68 Å². The Morgan fingerprint density at radius 1 is 1.36 bits per heavy atom. The van der Waals surface area contributed by atoms with Crippen molar-refractivity contribution in [3.63, 3.8) is 0 Å². The number of rotatable bonds is 3. The number of halogens is 3. The summed E-state index contributed by atoms with van der Waals surface area (Å²) in [5.74, 6) is 0.671. The van der Waals surface area contributed by atoms with Gasteiger partial charge in [0.25, 0.3) is 0 Å². The number of carbonyl (C=O) groups is 1. The van der Waals surface area contributed by atoms with Crippen molar-refractivity contribution in [3.8, 4) is 0 Å². The van der Waals surface area contributed by atoms with Crippen LogP contribution in [0, 0.1) is 5.92 Å². The molecule has 1 unspecified atom stereocenters. The SMILES string of the molecule is CC[C@@H]1C[C@H](C(F)(F)F)n2nc(C3CCCN3C(=O)C3CC3)cc2N1. The van der Waals surface area contributed by atoms with E-state index in [1.807, 2.05) is 11.8 Å². The Bertz CT molecular complexity index is 667. The lowest BCUT2D eigenvalue weighted by atomic mass is 10.0. The second-order valence-electron chi connectivity index (χ2n) is 7.41. The molecule has 8 heteroatoms. The van der Waals surface area contributed by atoms with E-state index in [2.05, 4.69) is 10.4 Å². The maximum atomic E-state index is 13.5. The maximum absolute atomic E-state index is 13.5. The second-order valence-corrected chi connectivity index (χ2v) is 7.41. The van der Waals surface area contributed by atoms with E-state index < -0.39 is 12.2 Å². The summed E-state index contributed by atoms with van der Waals surface area (Å²) in [7, 11) is 0. The molecule has 3 heterocycles. The summed E-state index contributed by atoms with van der Waals surface area (Å²) in [5.41, 5.74) is 0.583. The number of amides is 1. The van der Waals surface area contributed by atoms with Crippen LogP contribution in [0.1, 0.15) is 63.2 Å². The third kappa shape index (κ3) is 3.00. The van der Waals surface area contributed by atoms with Crippen LogP contribution in [0.5, 0.6) is 0 Å². The molecule has 3 aliphatic rings. The summed E-state index contributed by atoms with van der Waals surface area (Å²) in [5, 5.41) is 7.47. The minimum absolute atomic E-state index is 0.0104. The topological polar surface area (TPSA) is 50.2 Å². The van der Waals surface area contributed by atoms with E-state index in [1.54, 1.807) is 6.07 Å². The number of nitrogens with one attached hydrogen (secondary N) is 1. The van der Waals surface area contributed by atoms with Crippen molar-refractivity contribution in [3.05, 3.63) is 11.8 Å². The summed E-state index contributed by atoms with van der Waals surface area (Å²) < 4.78 is 41.5. The van der Waals surface area contributed by atoms with Gasteiger partial charge in [-0.3, -0.25) is 4.79 Å². The molecule has 2 fully saturated rings. The average Bonchev–Trinajstić information content (AvgIpc) is 3.15. The van der Waals surface area contributed by atoms with E-state index in [1.165, 1.54) is 0 Å². The molecule has 138 valence electrons. The molecular weight excluding hydrogens is 333 g/mol. The number of carbonyl (C=O) groups excluding carboxylic acids is 1. The van der Waals surface area contributed by atoms with E-state index in [9.17, 15) is 18.0 Å². The smallest absolute Gasteiger partial charge is 0.367 e. The Hall–Kier alpha value is -1.73. The Balaban J connectivity index is 1.64. The van der Waals surface area contributed by atoms with Crippen LogP contribution in [0.25, 0.3) is 0 Å². The molecule has 5 nitrogen and oxygen atoms in total. The number of likely N-dealkylation sites (tertiary alicyclic amines) is 1. The minimum Gasteiger partial charge on any atom is -0.367 e. The van der Waals surface area contributed by atoms with Gasteiger partial charge in [-0.05, 0) is 38.5 Å². The molecule has 4 rings (SSSR count). The number of nitrogens with zero attached hydrogens (tertiary/aromatic N) is 3. The van der Waals surface area contributed by atoms with Gasteiger partial charge in [-0.2, -0.15) is 18.3 Å². The molecule has 1 saturated carbocycles. The van der Waals surface area contributed by atoms with Crippen LogP contribution in [0.3, 0.4) is 0 Å². The third-order valence-electron chi connectivity index (χ3n) is 5.58. The number of anilines is 1. The first-order chi connectivity index (χ1) is 11.9. The Kier molecular flexibility index (Phi) is 3.96. The second kappa shape index (κ2) is 5.92. The van der Waals surface area contributed by atoms with Crippen LogP contribution in [-0.4, -0.2) is 39.4 Å². The number of fused-ring (bicyclic) bond motifs is 1. The van der Waals surface area contributed by atoms with Crippen molar-refractivity contribution >= 4 is 11.7 Å². The fraction of sp³-hybridized carbons (Fsp3) is 0.765. The molecule has 1 aliphatic carbocycles. The van der Waals surface area contributed by atoms with Crippen LogP contribution >= 0.6 is 0 Å². The zero-order valence-corrected chi connectivity index (χ0v) is 14.2. The van der Waals surface area contributed by atoms with E-state index in [-0.39, 0.29) is 30.3 Å². The van der Waals surface area contributed by atoms with Gasteiger partial charge in [0, 0.05) is 24.6 Å². The first-order valence-corrected chi connectivity index (χ1v) is 9.11. The number of alkyl halides is 3. The van der Waals surface area contributed by atoms with Crippen molar-refractivity contribution in [1.82, 2.24) is 14.7 Å². The van der Waals surface area contributed by atoms with Gasteiger partial charge in [0.05, 0.1) is 11.7 Å². The maximum Gasteiger partial charge on any atom is 0.410 e. The van der Waals surface area contributed by atoms with E-state index in [4.69, 9.17) is 0 Å². The predicted octanol–water partition coefficient (Wildman–Crippen LogP) is 3.65. The van der Waals surface area contributed by atoms with Crippen molar-refractivity contribution < 1.29 is 18.0 Å². The molecular formula is C17H23F3N4O. The monoisotopic (exact) mass is 356 g/mol. The van der Waals surface area contributed by atoms with Crippen molar-refractivity contribution in [1.29, 1.82) is 0 Å². The predicted molar refractivity (Wildman–Crippen MR) is 86.0 cm³/mol. The van der Waals surface area contributed by atoms with Gasteiger partial charge >= 0.3 is 6.18 Å². The number of aromatic nitrogens is 2. The third-order valence-corrected chi connectivity index (χ3v) is 5.58. The molecule has 1 amide bonds. The Morgan fingerprint density at radius 2 is 2.12 bits per heavy atom. The lowest BCUT2D eigenvalue weighted by Gasteiger charge is -2.32. The van der Waals surface area contributed by atoms with E-state index >= 15 is 0 Å². The van der Waals surface area contributed by atoms with E-state index in [0.717, 1.165) is 30.4 Å². The molecule has 1 aromatic rings. The fourth-order valence-corrected chi connectivity index (χ4v) is 4.00. The zero-order chi connectivity index (χ0) is 17.8. The molecule has 1 aromatic heterocycles. The molecule has 1 N–H and O–H groups in total. The van der Waals surface area contributed by atoms with Crippen LogP contribution in [0.15, 0.2) is 6.07 Å². The normalized spacial score (nSPS) is 29.4. The lowest BCUT2D eigenvalue weighted by molar-refractivity contribution is -0.173. The Morgan fingerprint density at radius 3 is 2.76 bits per heavy atom. The molecule has 0 bridgehead atoms. The standard InChI is InChI=1S/C17H23F3N4O/c1-2-11-8-14(17(18,19)20)24-15(21-11)9-12(22-24)13-4-3-7-23(13)16(25)10-5-6-10/h9-11,13-14,21H,2-8H2,1H3/t11-,13?,14-/m1/s1. The van der Waals surface area contributed by atoms with Crippen LogP contribution in [-0.2, 0) is 4.79 Å². The average molecular weight is 356 g/mol. The summed E-state index contributed by atoms with van der Waals surface area (Å²) in [4.78, 5) is 14.3. The van der Waals surface area contributed by atoms with Gasteiger partial charge < -0.3 is 10.2 Å². The van der Waals surface area contributed by atoms with E-state index in [0.29, 0.717) is 24.5 Å². The number of hydrogen-bond acceptors (Lipinski definition) is 3. The minimum atomic E-state index is -4.33. The molecule has 0 radical (unpaired) electrons. The largest absolute Gasteiger partial charge is 0.410 e. The molecule has 1 saturated heterocycles. The highest BCUT2D eigenvalue weighted by atomic mass is 19.4. The molecule has 25 heavy (non-hydrogen) atoms. The van der Waals surface area contributed by atoms with Crippen molar-refractivity contribution in [2.24, 2.45) is 5.92 Å². The highest BCUT2D eigenvalue weighted by Crippen LogP contribution is 2.43. The van der Waals surface area contributed by atoms with Gasteiger partial charge in [0.1, 0.15) is 5.82 Å². The summed E-state index contributed by atoms with van der Waals surface area (Å²) >= 11 is 0. The van der Waals surface area contributed by atoms with Gasteiger partial charge in [0.15, 0.2) is 6.04 Å². The quantitative estimate of drug-likeness (QED) is 0.899. The number of hydrogen-bond donors (Lipinski definition) is 1. The lowest BCUT2D eigenvalue weighted by Crippen LogP contribution is -2.39. The summed E-state index contributed by atoms with van der Waals surface area (Å²) in [6.45, 7) is 2.56. The van der Waals surface area contributed by atoms with Gasteiger partial charge in [-0.15, -0.1) is 0 Å². The zero-order valence-electron chi connectivity index (χ0n) is 14.2. The van der Waals surface area contributed by atoms with Gasteiger partial charge in [0.2, 0.25) is 5.91 Å². The molecule has 3 atom stereocenters.